The zero-order chi connectivity index (χ0) is 24.8. The second kappa shape index (κ2) is 9.40. The molecule has 1 saturated carbocycles. The van der Waals surface area contributed by atoms with E-state index in [2.05, 4.69) is 10.3 Å². The Hall–Kier alpha value is -2.29. The number of nitrogens with zero attached hydrogens (tertiary/aromatic N) is 2. The molecule has 34 heavy (non-hydrogen) atoms. The number of alkyl halides is 3. The van der Waals surface area contributed by atoms with Crippen LogP contribution in [0.2, 0.25) is 10.0 Å². The van der Waals surface area contributed by atoms with Crippen LogP contribution >= 0.6 is 23.2 Å². The molecule has 0 saturated heterocycles. The lowest BCUT2D eigenvalue weighted by Gasteiger charge is -2.26. The number of aliphatic hydroxyl groups is 1. The Labute approximate surface area is 204 Å². The van der Waals surface area contributed by atoms with E-state index in [0.717, 1.165) is 12.1 Å². The highest BCUT2D eigenvalue weighted by atomic mass is 35.5. The number of aromatic nitrogens is 2. The minimum atomic E-state index is -4.46. The zero-order valence-electron chi connectivity index (χ0n) is 18.6. The molecule has 1 amide bonds. The summed E-state index contributed by atoms with van der Waals surface area (Å²) in [6.45, 7) is 1.59. The first-order valence-corrected chi connectivity index (χ1v) is 11.7. The number of aliphatic hydroxyl groups excluding tert-OH is 1. The Balaban J connectivity index is 1.65. The molecule has 1 aliphatic carbocycles. The van der Waals surface area contributed by atoms with Crippen LogP contribution in [-0.4, -0.2) is 32.7 Å². The van der Waals surface area contributed by atoms with E-state index in [1.54, 1.807) is 30.7 Å². The highest BCUT2D eigenvalue weighted by Gasteiger charge is 2.32. The van der Waals surface area contributed by atoms with Gasteiger partial charge in [0.25, 0.3) is 5.91 Å². The third kappa shape index (κ3) is 4.90. The van der Waals surface area contributed by atoms with Gasteiger partial charge in [-0.3, -0.25) is 4.79 Å². The maximum absolute atomic E-state index is 13.3. The Morgan fingerprint density at radius 1 is 1.21 bits per heavy atom. The first-order chi connectivity index (χ1) is 16.0. The molecular weight excluding hydrogens is 490 g/mol. The Morgan fingerprint density at radius 3 is 2.53 bits per heavy atom. The molecule has 1 fully saturated rings. The molecule has 0 radical (unpaired) electrons. The Morgan fingerprint density at radius 2 is 1.88 bits per heavy atom. The highest BCUT2D eigenvalue weighted by Crippen LogP contribution is 2.35. The monoisotopic (exact) mass is 513 g/mol. The lowest BCUT2D eigenvalue weighted by Crippen LogP contribution is -2.38. The van der Waals surface area contributed by atoms with Gasteiger partial charge < -0.3 is 15.0 Å². The van der Waals surface area contributed by atoms with Crippen molar-refractivity contribution in [1.82, 2.24) is 14.9 Å². The van der Waals surface area contributed by atoms with E-state index in [0.29, 0.717) is 58.7 Å². The van der Waals surface area contributed by atoms with Crippen LogP contribution < -0.4 is 5.32 Å². The van der Waals surface area contributed by atoms with Crippen LogP contribution in [0.5, 0.6) is 0 Å². The second-order valence-electron chi connectivity index (χ2n) is 8.79. The van der Waals surface area contributed by atoms with Gasteiger partial charge in [0.1, 0.15) is 5.82 Å². The fraction of sp³-hybridized carbons (Fsp3) is 0.417. The molecule has 0 atom stereocenters. The number of aryl methyl sites for hydroxylation is 2. The van der Waals surface area contributed by atoms with Crippen LogP contribution in [0.4, 0.5) is 13.2 Å². The minimum Gasteiger partial charge on any atom is -0.393 e. The molecule has 182 valence electrons. The van der Waals surface area contributed by atoms with Crippen LogP contribution in [0.1, 0.15) is 58.6 Å². The summed E-state index contributed by atoms with van der Waals surface area (Å²) >= 11 is 13.0. The molecule has 0 unspecified atom stereocenters. The van der Waals surface area contributed by atoms with E-state index in [-0.39, 0.29) is 35.1 Å². The molecule has 4 rings (SSSR count). The summed E-state index contributed by atoms with van der Waals surface area (Å²) in [5.41, 5.74) is 1.23. The fourth-order valence-electron chi connectivity index (χ4n) is 4.40. The summed E-state index contributed by atoms with van der Waals surface area (Å²) in [5, 5.41) is 13.1. The van der Waals surface area contributed by atoms with Gasteiger partial charge in [0.15, 0.2) is 0 Å². The van der Waals surface area contributed by atoms with Crippen molar-refractivity contribution >= 4 is 40.1 Å². The second-order valence-corrected chi connectivity index (χ2v) is 9.57. The number of hydrogen-bond donors (Lipinski definition) is 2. The van der Waals surface area contributed by atoms with E-state index in [9.17, 15) is 23.1 Å². The van der Waals surface area contributed by atoms with Gasteiger partial charge in [-0.1, -0.05) is 23.2 Å². The van der Waals surface area contributed by atoms with Crippen molar-refractivity contribution in [2.75, 3.05) is 0 Å². The first-order valence-electron chi connectivity index (χ1n) is 10.9. The largest absolute Gasteiger partial charge is 0.416 e. The number of carbonyl (C=O) groups is 1. The van der Waals surface area contributed by atoms with Gasteiger partial charge >= 0.3 is 6.18 Å². The van der Waals surface area contributed by atoms with Crippen molar-refractivity contribution in [3.63, 3.8) is 0 Å². The van der Waals surface area contributed by atoms with Crippen LogP contribution in [-0.2, 0) is 19.6 Å². The number of benzene rings is 2. The molecule has 1 heterocycles. The molecule has 2 N–H and O–H groups in total. The van der Waals surface area contributed by atoms with Crippen molar-refractivity contribution in [2.24, 2.45) is 7.05 Å². The summed E-state index contributed by atoms with van der Waals surface area (Å²) in [4.78, 5) is 17.4. The van der Waals surface area contributed by atoms with Crippen molar-refractivity contribution in [1.29, 1.82) is 0 Å². The quantitative estimate of drug-likeness (QED) is 0.461. The predicted molar refractivity (Wildman–Crippen MR) is 125 cm³/mol. The molecule has 1 aromatic heterocycles. The van der Waals surface area contributed by atoms with Crippen molar-refractivity contribution in [3.05, 3.63) is 62.4 Å². The number of rotatable bonds is 4. The van der Waals surface area contributed by atoms with Gasteiger partial charge in [-0.05, 0) is 68.0 Å². The van der Waals surface area contributed by atoms with Crippen LogP contribution in [0.3, 0.4) is 0 Å². The summed E-state index contributed by atoms with van der Waals surface area (Å²) in [6.07, 6.45) is -2.02. The zero-order valence-corrected chi connectivity index (χ0v) is 20.2. The lowest BCUT2D eigenvalue weighted by molar-refractivity contribution is -0.137. The number of hydrogen-bond acceptors (Lipinski definition) is 3. The van der Waals surface area contributed by atoms with Crippen LogP contribution in [0.25, 0.3) is 11.0 Å². The highest BCUT2D eigenvalue weighted by molar-refractivity contribution is 6.38. The van der Waals surface area contributed by atoms with Crippen molar-refractivity contribution in [3.8, 4) is 0 Å². The Kier molecular flexibility index (Phi) is 6.86. The average molecular weight is 514 g/mol. The molecule has 5 nitrogen and oxygen atoms in total. The van der Waals surface area contributed by atoms with Gasteiger partial charge in [-0.25, -0.2) is 4.98 Å². The molecule has 10 heteroatoms. The summed E-state index contributed by atoms with van der Waals surface area (Å²) in [6, 6.07) is 5.24. The number of carbonyl (C=O) groups excluding carboxylic acids is 1. The number of imidazole rings is 1. The van der Waals surface area contributed by atoms with Gasteiger partial charge in [0, 0.05) is 24.5 Å². The molecule has 0 bridgehead atoms. The number of nitrogens with one attached hydrogen (secondary N) is 1. The lowest BCUT2D eigenvalue weighted by atomic mass is 9.93. The molecule has 0 spiro atoms. The Bertz CT molecular complexity index is 1250. The number of halogens is 5. The summed E-state index contributed by atoms with van der Waals surface area (Å²) in [7, 11) is 1.64. The van der Waals surface area contributed by atoms with Crippen molar-refractivity contribution in [2.45, 2.75) is 57.3 Å². The third-order valence-electron chi connectivity index (χ3n) is 6.39. The van der Waals surface area contributed by atoms with Gasteiger partial charge in [-0.15, -0.1) is 0 Å². The molecule has 0 aliphatic heterocycles. The predicted octanol–water partition coefficient (Wildman–Crippen LogP) is 5.83. The molecule has 2 aromatic carbocycles. The maximum Gasteiger partial charge on any atom is 0.416 e. The summed E-state index contributed by atoms with van der Waals surface area (Å²) < 4.78 is 41.4. The van der Waals surface area contributed by atoms with E-state index in [1.165, 1.54) is 0 Å². The molecular formula is C24H24Cl2F3N3O2. The number of amides is 1. The smallest absolute Gasteiger partial charge is 0.393 e. The maximum atomic E-state index is 13.3. The average Bonchev–Trinajstić information content (AvgIpc) is 3.08. The normalized spacial score (nSPS) is 18.9. The van der Waals surface area contributed by atoms with E-state index >= 15 is 0 Å². The number of fused-ring (bicyclic) bond motifs is 1. The van der Waals surface area contributed by atoms with Gasteiger partial charge in [-0.2, -0.15) is 13.2 Å². The first kappa shape index (κ1) is 24.8. The van der Waals surface area contributed by atoms with Crippen LogP contribution in [0, 0.1) is 6.92 Å². The van der Waals surface area contributed by atoms with Gasteiger partial charge in [0.05, 0.1) is 33.3 Å². The SMILES string of the molecule is Cc1cc(C(F)(F)F)cc2c1nc(Cc1c(Cl)ccc(C(=O)NC3CCC(O)CC3)c1Cl)n2C. The van der Waals surface area contributed by atoms with Crippen molar-refractivity contribution < 1.29 is 23.1 Å². The molecule has 1 aliphatic rings. The van der Waals surface area contributed by atoms with E-state index in [1.807, 2.05) is 0 Å². The standard InChI is InChI=1S/C24H24Cl2F3N3O2/c1-12-9-13(24(27,28)29)10-19-22(12)31-20(32(19)2)11-17-18(25)8-7-16(21(17)26)23(34)30-14-3-5-15(33)6-4-14/h7-10,14-15,33H,3-6,11H2,1-2H3,(H,30,34). The fourth-order valence-corrected chi connectivity index (χ4v) is 4.99. The summed E-state index contributed by atoms with van der Waals surface area (Å²) in [5.74, 6) is 0.139. The third-order valence-corrected chi connectivity index (χ3v) is 7.18. The topological polar surface area (TPSA) is 67.2 Å². The van der Waals surface area contributed by atoms with E-state index < -0.39 is 11.7 Å². The minimum absolute atomic E-state index is 0.0447. The van der Waals surface area contributed by atoms with Gasteiger partial charge in [0.2, 0.25) is 0 Å². The van der Waals surface area contributed by atoms with Crippen LogP contribution in [0.15, 0.2) is 24.3 Å². The molecule has 3 aromatic rings. The van der Waals surface area contributed by atoms with E-state index in [4.69, 9.17) is 23.2 Å².